The number of nitrogens with one attached hydrogen (secondary N) is 2. The van der Waals surface area contributed by atoms with Crippen molar-refractivity contribution in [3.8, 4) is 0 Å². The van der Waals surface area contributed by atoms with Gasteiger partial charge in [-0.3, -0.25) is 0 Å². The van der Waals surface area contributed by atoms with E-state index in [4.69, 9.17) is 9.47 Å². The van der Waals surface area contributed by atoms with Crippen molar-refractivity contribution in [2.75, 3.05) is 23.8 Å². The third kappa shape index (κ3) is 6.22. The van der Waals surface area contributed by atoms with Gasteiger partial charge in [0.2, 0.25) is 0 Å². The molecule has 0 saturated heterocycles. The van der Waals surface area contributed by atoms with Crippen molar-refractivity contribution in [3.63, 3.8) is 0 Å². The number of carbonyl (C=O) groups is 1. The van der Waals surface area contributed by atoms with Gasteiger partial charge in [0, 0.05) is 45.7 Å². The normalized spacial score (nSPS) is 10.8. The van der Waals surface area contributed by atoms with E-state index < -0.39 is 6.16 Å². The molecular formula is C19H20N6O3S4. The molecule has 0 aliphatic carbocycles. The van der Waals surface area contributed by atoms with Crippen molar-refractivity contribution in [1.29, 1.82) is 0 Å². The Morgan fingerprint density at radius 2 is 1.28 bits per heavy atom. The van der Waals surface area contributed by atoms with Crippen LogP contribution in [0.3, 0.4) is 0 Å². The van der Waals surface area contributed by atoms with Crippen LogP contribution >= 0.6 is 45.3 Å². The van der Waals surface area contributed by atoms with E-state index in [1.807, 2.05) is 24.6 Å². The van der Waals surface area contributed by atoms with Gasteiger partial charge >= 0.3 is 6.16 Å². The monoisotopic (exact) mass is 508 g/mol. The number of aromatic nitrogens is 4. The fourth-order valence-electron chi connectivity index (χ4n) is 2.68. The van der Waals surface area contributed by atoms with Crippen LogP contribution in [0.4, 0.5) is 25.3 Å². The fraction of sp³-hybridized carbons (Fsp3) is 0.316. The number of carbonyl (C=O) groups excluding carboxylic acids is 1. The van der Waals surface area contributed by atoms with Gasteiger partial charge in [0.15, 0.2) is 20.5 Å². The topological polar surface area (TPSA) is 111 Å². The van der Waals surface area contributed by atoms with Crippen molar-refractivity contribution < 1.29 is 14.3 Å². The van der Waals surface area contributed by atoms with Crippen LogP contribution in [0, 0.1) is 13.8 Å². The zero-order valence-electron chi connectivity index (χ0n) is 17.3. The molecule has 0 radical (unpaired) electrons. The molecule has 13 heteroatoms. The van der Waals surface area contributed by atoms with Gasteiger partial charge in [-0.2, -0.15) is 0 Å². The summed E-state index contributed by atoms with van der Waals surface area (Å²) in [5.41, 5.74) is 1.82. The molecule has 4 aromatic heterocycles. The van der Waals surface area contributed by atoms with Crippen molar-refractivity contribution in [1.82, 2.24) is 19.9 Å². The molecular weight excluding hydrogens is 489 g/mol. The maximum atomic E-state index is 11.9. The summed E-state index contributed by atoms with van der Waals surface area (Å²) in [6.45, 7) is 4.35. The van der Waals surface area contributed by atoms with E-state index in [-0.39, 0.29) is 13.2 Å². The van der Waals surface area contributed by atoms with Crippen LogP contribution in [0.2, 0.25) is 0 Å². The van der Waals surface area contributed by atoms with Crippen molar-refractivity contribution in [2.45, 2.75) is 26.7 Å². The summed E-state index contributed by atoms with van der Waals surface area (Å²) in [5, 5.41) is 13.3. The smallest absolute Gasteiger partial charge is 0.434 e. The summed E-state index contributed by atoms with van der Waals surface area (Å²) < 4.78 is 10.4. The molecule has 0 atom stereocenters. The van der Waals surface area contributed by atoms with E-state index in [2.05, 4.69) is 30.6 Å². The van der Waals surface area contributed by atoms with Gasteiger partial charge in [-0.25, -0.2) is 24.7 Å². The molecule has 0 aromatic carbocycles. The minimum atomic E-state index is -0.670. The number of aryl methyl sites for hydroxylation is 2. The first kappa shape index (κ1) is 22.6. The highest BCUT2D eigenvalue weighted by atomic mass is 32.1. The third-order valence-electron chi connectivity index (χ3n) is 4.18. The first-order chi connectivity index (χ1) is 15.6. The lowest BCUT2D eigenvalue weighted by atomic mass is 10.3. The van der Waals surface area contributed by atoms with Crippen molar-refractivity contribution >= 4 is 72.0 Å². The average molecular weight is 509 g/mol. The largest absolute Gasteiger partial charge is 0.508 e. The van der Waals surface area contributed by atoms with Crippen LogP contribution in [0.15, 0.2) is 23.2 Å². The molecule has 168 valence electrons. The third-order valence-corrected chi connectivity index (χ3v) is 7.82. The van der Waals surface area contributed by atoms with Crippen LogP contribution in [-0.2, 0) is 22.3 Å². The van der Waals surface area contributed by atoms with E-state index in [1.165, 1.54) is 45.3 Å². The molecule has 0 amide bonds. The summed E-state index contributed by atoms with van der Waals surface area (Å²) in [5.74, 6) is 0. The zero-order chi connectivity index (χ0) is 22.3. The highest BCUT2D eigenvalue weighted by molar-refractivity contribution is 7.17. The molecule has 0 spiro atoms. The molecule has 0 aliphatic rings. The maximum absolute atomic E-state index is 11.9. The molecule has 2 N–H and O–H groups in total. The Morgan fingerprint density at radius 1 is 0.812 bits per heavy atom. The Labute approximate surface area is 200 Å². The van der Waals surface area contributed by atoms with Gasteiger partial charge in [0.1, 0.15) is 0 Å². The number of ether oxygens (including phenoxy) is 2. The minimum absolute atomic E-state index is 0.236. The van der Waals surface area contributed by atoms with Crippen LogP contribution in [0.25, 0.3) is 0 Å². The van der Waals surface area contributed by atoms with Crippen molar-refractivity contribution in [3.05, 3.63) is 44.3 Å². The minimum Gasteiger partial charge on any atom is -0.434 e. The van der Waals surface area contributed by atoms with Crippen molar-refractivity contribution in [2.24, 2.45) is 0 Å². The van der Waals surface area contributed by atoms with E-state index >= 15 is 0 Å². The molecule has 32 heavy (non-hydrogen) atoms. The molecule has 4 rings (SSSR count). The second-order valence-electron chi connectivity index (χ2n) is 6.43. The summed E-state index contributed by atoms with van der Waals surface area (Å²) >= 11 is 6.08. The predicted octanol–water partition coefficient (Wildman–Crippen LogP) is 5.56. The lowest BCUT2D eigenvalue weighted by Gasteiger charge is -2.05. The van der Waals surface area contributed by atoms with Gasteiger partial charge < -0.3 is 20.1 Å². The molecule has 4 aromatic rings. The van der Waals surface area contributed by atoms with Crippen LogP contribution in [0.1, 0.15) is 21.1 Å². The second kappa shape index (κ2) is 10.8. The number of hydrogen-bond donors (Lipinski definition) is 2. The van der Waals surface area contributed by atoms with Gasteiger partial charge in [-0.05, 0) is 13.8 Å². The SMILES string of the molecule is Cc1nc(Nc2nccs2)sc1CCOC(=O)OCCc1sc(Nc2nccs2)nc1C. The highest BCUT2D eigenvalue weighted by Gasteiger charge is 2.12. The number of hydrogen-bond acceptors (Lipinski definition) is 13. The second-order valence-corrected chi connectivity index (χ2v) is 10.4. The molecule has 0 aliphatic heterocycles. The Morgan fingerprint density at radius 3 is 1.69 bits per heavy atom. The summed E-state index contributed by atoms with van der Waals surface area (Å²) in [4.78, 5) is 31.4. The van der Waals surface area contributed by atoms with Gasteiger partial charge in [-0.15, -0.1) is 45.3 Å². The Balaban J connectivity index is 1.17. The Hall–Kier alpha value is -2.61. The van der Waals surface area contributed by atoms with E-state index in [0.717, 1.165) is 41.7 Å². The standard InChI is InChI=1S/C19H20N6O3S4/c1-11-13(31-17(22-11)24-15-20-5-9-29-15)3-7-27-19(26)28-8-4-14-12(2)23-18(32-14)25-16-21-6-10-30-16/h5-6,9-10H,3-4,7-8H2,1-2H3,(H,20,22,24)(H,21,23,25). The lowest BCUT2D eigenvalue weighted by molar-refractivity contribution is 0.0571. The summed E-state index contributed by atoms with van der Waals surface area (Å²) in [6, 6.07) is 0. The van der Waals surface area contributed by atoms with Gasteiger partial charge in [0.05, 0.1) is 24.6 Å². The summed E-state index contributed by atoms with van der Waals surface area (Å²) in [6.07, 6.45) is 3.97. The molecule has 0 fully saturated rings. The molecule has 0 unspecified atom stereocenters. The first-order valence-electron chi connectivity index (χ1n) is 9.62. The quantitative estimate of drug-likeness (QED) is 0.266. The van der Waals surface area contributed by atoms with Crippen LogP contribution < -0.4 is 10.6 Å². The number of nitrogens with zero attached hydrogens (tertiary/aromatic N) is 4. The first-order valence-corrected chi connectivity index (χ1v) is 13.0. The van der Waals surface area contributed by atoms with E-state index in [1.54, 1.807) is 12.4 Å². The number of anilines is 4. The van der Waals surface area contributed by atoms with Gasteiger partial charge in [-0.1, -0.05) is 0 Å². The summed E-state index contributed by atoms with van der Waals surface area (Å²) in [7, 11) is 0. The number of rotatable bonds is 10. The Kier molecular flexibility index (Phi) is 7.63. The molecule has 4 heterocycles. The van der Waals surface area contributed by atoms with E-state index in [0.29, 0.717) is 12.8 Å². The van der Waals surface area contributed by atoms with Crippen LogP contribution in [-0.4, -0.2) is 39.3 Å². The highest BCUT2D eigenvalue weighted by Crippen LogP contribution is 2.28. The average Bonchev–Trinajstić information content (AvgIpc) is 3.54. The van der Waals surface area contributed by atoms with E-state index in [9.17, 15) is 4.79 Å². The molecule has 9 nitrogen and oxygen atoms in total. The Bertz CT molecular complexity index is 1050. The lowest BCUT2D eigenvalue weighted by Crippen LogP contribution is -2.11. The number of thiazole rings is 4. The molecule has 0 saturated carbocycles. The maximum Gasteiger partial charge on any atom is 0.508 e. The zero-order valence-corrected chi connectivity index (χ0v) is 20.6. The van der Waals surface area contributed by atoms with Crippen LogP contribution in [0.5, 0.6) is 0 Å². The predicted molar refractivity (Wildman–Crippen MR) is 129 cm³/mol. The molecule has 0 bridgehead atoms. The fourth-order valence-corrected chi connectivity index (χ4v) is 5.75. The van der Waals surface area contributed by atoms with Gasteiger partial charge in [0.25, 0.3) is 0 Å².